The highest BCUT2D eigenvalue weighted by atomic mass is 35.5. The maximum atomic E-state index is 6.52. The lowest BCUT2D eigenvalue weighted by Gasteiger charge is -2.27. The summed E-state index contributed by atoms with van der Waals surface area (Å²) in [5.74, 6) is 0. The standard InChI is InChI=1S/C22H22Cl2N4S/c1-4-27-21(20(26-22(27)29)18-7-5-6-10-25-18)16-11-13(2)28(14(16)3)19-9-8-15(23)12-17(19)24/h5-12,20-21H,4H2,1-3H3,(H,26,29)/t20-,21+/m1/s1. The topological polar surface area (TPSA) is 33.1 Å². The van der Waals surface area contributed by atoms with Crippen LogP contribution in [-0.2, 0) is 0 Å². The van der Waals surface area contributed by atoms with Crippen molar-refractivity contribution in [3.63, 3.8) is 0 Å². The van der Waals surface area contributed by atoms with Crippen LogP contribution in [0.15, 0.2) is 48.7 Å². The van der Waals surface area contributed by atoms with Crippen LogP contribution in [-0.4, -0.2) is 26.1 Å². The molecule has 1 N–H and O–H groups in total. The summed E-state index contributed by atoms with van der Waals surface area (Å²) in [5.41, 5.74) is 5.34. The molecule has 29 heavy (non-hydrogen) atoms. The van der Waals surface area contributed by atoms with Gasteiger partial charge in [0.05, 0.1) is 28.5 Å². The maximum Gasteiger partial charge on any atom is 0.170 e. The SMILES string of the molecule is CCN1C(=S)N[C@H](c2ccccn2)[C@@H]1c1cc(C)n(-c2ccc(Cl)cc2Cl)c1C. The van der Waals surface area contributed by atoms with Crippen LogP contribution in [0.1, 0.15) is 41.7 Å². The Hall–Kier alpha value is -2.08. The molecule has 7 heteroatoms. The number of nitrogens with one attached hydrogen (secondary N) is 1. The number of rotatable bonds is 4. The van der Waals surface area contributed by atoms with Crippen molar-refractivity contribution in [1.82, 2.24) is 19.8 Å². The Morgan fingerprint density at radius 2 is 1.93 bits per heavy atom. The lowest BCUT2D eigenvalue weighted by atomic mass is 9.97. The van der Waals surface area contributed by atoms with Crippen molar-refractivity contribution in [3.05, 3.63) is 81.4 Å². The first-order valence-electron chi connectivity index (χ1n) is 9.54. The second-order valence-corrected chi connectivity index (χ2v) is 8.40. The number of hydrogen-bond acceptors (Lipinski definition) is 2. The fourth-order valence-corrected chi connectivity index (χ4v) is 5.07. The van der Waals surface area contributed by atoms with Gasteiger partial charge in [-0.3, -0.25) is 4.98 Å². The predicted molar refractivity (Wildman–Crippen MR) is 123 cm³/mol. The van der Waals surface area contributed by atoms with Crippen molar-refractivity contribution in [2.24, 2.45) is 0 Å². The molecule has 0 radical (unpaired) electrons. The molecule has 3 aromatic rings. The summed E-state index contributed by atoms with van der Waals surface area (Å²) in [6, 6.07) is 13.8. The van der Waals surface area contributed by atoms with E-state index in [1.165, 1.54) is 5.56 Å². The van der Waals surface area contributed by atoms with Crippen LogP contribution in [0.2, 0.25) is 10.0 Å². The molecule has 1 aromatic carbocycles. The van der Waals surface area contributed by atoms with Crippen LogP contribution >= 0.6 is 35.4 Å². The van der Waals surface area contributed by atoms with Crippen LogP contribution in [0.25, 0.3) is 5.69 Å². The van der Waals surface area contributed by atoms with Gasteiger partial charge >= 0.3 is 0 Å². The predicted octanol–water partition coefficient (Wildman–Crippen LogP) is 5.79. The zero-order valence-corrected chi connectivity index (χ0v) is 18.8. The van der Waals surface area contributed by atoms with E-state index in [1.807, 2.05) is 36.5 Å². The number of likely N-dealkylation sites (N-methyl/N-ethyl adjacent to an activating group) is 1. The number of aryl methyl sites for hydroxylation is 1. The Balaban J connectivity index is 1.85. The lowest BCUT2D eigenvalue weighted by molar-refractivity contribution is 0.329. The van der Waals surface area contributed by atoms with Gasteiger partial charge in [0.25, 0.3) is 0 Å². The quantitative estimate of drug-likeness (QED) is 0.516. The normalized spacial score (nSPS) is 18.9. The van der Waals surface area contributed by atoms with E-state index in [1.54, 1.807) is 6.07 Å². The van der Waals surface area contributed by atoms with E-state index in [9.17, 15) is 0 Å². The first kappa shape index (κ1) is 20.2. The number of benzene rings is 1. The molecule has 0 bridgehead atoms. The second-order valence-electron chi connectivity index (χ2n) is 7.17. The van der Waals surface area contributed by atoms with E-state index in [0.29, 0.717) is 10.0 Å². The molecule has 1 fully saturated rings. The summed E-state index contributed by atoms with van der Waals surface area (Å²) in [5, 5.41) is 5.48. The van der Waals surface area contributed by atoms with Crippen molar-refractivity contribution in [2.45, 2.75) is 32.9 Å². The summed E-state index contributed by atoms with van der Waals surface area (Å²) in [7, 11) is 0. The number of nitrogens with zero attached hydrogens (tertiary/aromatic N) is 3. The molecule has 150 valence electrons. The van der Waals surface area contributed by atoms with Crippen molar-refractivity contribution < 1.29 is 0 Å². The van der Waals surface area contributed by atoms with Gasteiger partial charge in [-0.05, 0) is 75.0 Å². The number of thiocarbonyl (C=S) groups is 1. The van der Waals surface area contributed by atoms with Gasteiger partial charge in [0.2, 0.25) is 0 Å². The van der Waals surface area contributed by atoms with E-state index in [-0.39, 0.29) is 12.1 Å². The van der Waals surface area contributed by atoms with E-state index in [4.69, 9.17) is 35.4 Å². The molecule has 0 spiro atoms. The van der Waals surface area contributed by atoms with Gasteiger partial charge in [0.15, 0.2) is 5.11 Å². The minimum atomic E-state index is -0.0155. The van der Waals surface area contributed by atoms with Crippen molar-refractivity contribution in [3.8, 4) is 5.69 Å². The number of pyridine rings is 1. The third-order valence-corrected chi connectivity index (χ3v) is 6.37. The molecule has 4 rings (SSSR count). The summed E-state index contributed by atoms with van der Waals surface area (Å²) < 4.78 is 2.18. The summed E-state index contributed by atoms with van der Waals surface area (Å²) >= 11 is 18.3. The van der Waals surface area contributed by atoms with Crippen molar-refractivity contribution in [1.29, 1.82) is 0 Å². The molecule has 1 aliphatic heterocycles. The van der Waals surface area contributed by atoms with Gasteiger partial charge in [0.1, 0.15) is 0 Å². The molecule has 0 unspecified atom stereocenters. The van der Waals surface area contributed by atoms with Crippen LogP contribution in [0.3, 0.4) is 0 Å². The zero-order valence-electron chi connectivity index (χ0n) is 16.5. The molecule has 4 nitrogen and oxygen atoms in total. The first-order chi connectivity index (χ1) is 13.9. The van der Waals surface area contributed by atoms with Gasteiger partial charge in [0, 0.05) is 29.2 Å². The summed E-state index contributed by atoms with van der Waals surface area (Å²) in [4.78, 5) is 6.82. The highest BCUT2D eigenvalue weighted by molar-refractivity contribution is 7.80. The second kappa shape index (κ2) is 7.98. The molecular weight excluding hydrogens is 423 g/mol. The van der Waals surface area contributed by atoms with Crippen LogP contribution < -0.4 is 5.32 Å². The van der Waals surface area contributed by atoms with Gasteiger partial charge < -0.3 is 14.8 Å². The summed E-state index contributed by atoms with van der Waals surface area (Å²) in [6.07, 6.45) is 1.82. The molecule has 0 aliphatic carbocycles. The van der Waals surface area contributed by atoms with Crippen LogP contribution in [0.4, 0.5) is 0 Å². The molecule has 1 aliphatic rings. The van der Waals surface area contributed by atoms with E-state index < -0.39 is 0 Å². The highest BCUT2D eigenvalue weighted by Crippen LogP contribution is 2.41. The lowest BCUT2D eigenvalue weighted by Crippen LogP contribution is -2.29. The number of hydrogen-bond donors (Lipinski definition) is 1. The van der Waals surface area contributed by atoms with E-state index in [0.717, 1.165) is 34.4 Å². The van der Waals surface area contributed by atoms with Gasteiger partial charge in [-0.1, -0.05) is 29.3 Å². The molecular formula is C22H22Cl2N4S. The van der Waals surface area contributed by atoms with Gasteiger partial charge in [-0.25, -0.2) is 0 Å². The van der Waals surface area contributed by atoms with Gasteiger partial charge in [-0.2, -0.15) is 0 Å². The molecule has 3 heterocycles. The fourth-order valence-electron chi connectivity index (χ4n) is 4.20. The van der Waals surface area contributed by atoms with Crippen LogP contribution in [0.5, 0.6) is 0 Å². The third-order valence-electron chi connectivity index (χ3n) is 5.48. The Kier molecular flexibility index (Phi) is 5.56. The maximum absolute atomic E-state index is 6.52. The average molecular weight is 445 g/mol. The largest absolute Gasteiger partial charge is 0.352 e. The minimum Gasteiger partial charge on any atom is -0.352 e. The Morgan fingerprint density at radius 1 is 1.14 bits per heavy atom. The third kappa shape index (κ3) is 3.52. The smallest absolute Gasteiger partial charge is 0.170 e. The first-order valence-corrected chi connectivity index (χ1v) is 10.7. The van der Waals surface area contributed by atoms with Crippen LogP contribution in [0, 0.1) is 13.8 Å². The zero-order chi connectivity index (χ0) is 20.7. The monoisotopic (exact) mass is 444 g/mol. The average Bonchev–Trinajstić information content (AvgIpc) is 3.18. The van der Waals surface area contributed by atoms with E-state index >= 15 is 0 Å². The number of aromatic nitrogens is 2. The molecule has 0 amide bonds. The van der Waals surface area contributed by atoms with Crippen molar-refractivity contribution >= 4 is 40.5 Å². The van der Waals surface area contributed by atoms with Gasteiger partial charge in [-0.15, -0.1) is 0 Å². The molecule has 1 saturated heterocycles. The Bertz CT molecular complexity index is 1060. The molecule has 2 atom stereocenters. The molecule has 0 saturated carbocycles. The fraction of sp³-hybridized carbons (Fsp3) is 0.273. The Labute approximate surface area is 186 Å². The van der Waals surface area contributed by atoms with Crippen molar-refractivity contribution in [2.75, 3.05) is 6.54 Å². The molecule has 2 aromatic heterocycles. The Morgan fingerprint density at radius 3 is 2.59 bits per heavy atom. The highest BCUT2D eigenvalue weighted by Gasteiger charge is 2.40. The summed E-state index contributed by atoms with van der Waals surface area (Å²) in [6.45, 7) is 7.15. The minimum absolute atomic E-state index is 0.0155. The number of halogens is 2. The van der Waals surface area contributed by atoms with E-state index in [2.05, 4.69) is 46.6 Å².